The molecule has 1 unspecified atom stereocenters. The smallest absolute Gasteiger partial charge is 0.0645 e. The fourth-order valence-corrected chi connectivity index (χ4v) is 2.71. The Labute approximate surface area is 129 Å². The van der Waals surface area contributed by atoms with Crippen molar-refractivity contribution in [2.45, 2.75) is 11.8 Å². The summed E-state index contributed by atoms with van der Waals surface area (Å²) in [5.74, 6) is 0. The van der Waals surface area contributed by atoms with Gasteiger partial charge in [-0.3, -0.25) is 0 Å². The van der Waals surface area contributed by atoms with Gasteiger partial charge in [-0.1, -0.05) is 63.4 Å². The molecule has 0 aromatic heterocycles. The molecule has 2 rings (SSSR count). The monoisotopic (exact) mass is 420 g/mol. The van der Waals surface area contributed by atoms with Gasteiger partial charge in [-0.05, 0) is 52.8 Å². The number of halogens is 3. The highest BCUT2D eigenvalue weighted by Gasteiger charge is 2.11. The third-order valence-electron chi connectivity index (χ3n) is 2.61. The van der Waals surface area contributed by atoms with Crippen molar-refractivity contribution in [2.75, 3.05) is 0 Å². The Morgan fingerprint density at radius 3 is 2.24 bits per heavy atom. The van der Waals surface area contributed by atoms with Crippen LogP contribution in [0, 0.1) is 10.5 Å². The maximum absolute atomic E-state index is 6.14. The van der Waals surface area contributed by atoms with Gasteiger partial charge >= 0.3 is 0 Å². The molecule has 0 aliphatic heterocycles. The van der Waals surface area contributed by atoms with E-state index >= 15 is 0 Å². The zero-order valence-corrected chi connectivity index (χ0v) is 13.8. The Balaban J connectivity index is 2.33. The van der Waals surface area contributed by atoms with Crippen molar-refractivity contribution in [2.24, 2.45) is 0 Å². The van der Waals surface area contributed by atoms with Gasteiger partial charge in [0, 0.05) is 3.57 Å². The van der Waals surface area contributed by atoms with E-state index in [0.717, 1.165) is 8.59 Å². The summed E-state index contributed by atoms with van der Waals surface area (Å²) in [6.45, 7) is 2.09. The summed E-state index contributed by atoms with van der Waals surface area (Å²) in [6, 6.07) is 14.7. The SMILES string of the molecule is Cc1ccc(C(Br)c2ccc(I)c(Cl)c2)cc1. The minimum atomic E-state index is 0.192. The van der Waals surface area contributed by atoms with Crippen molar-refractivity contribution in [3.05, 3.63) is 67.7 Å². The van der Waals surface area contributed by atoms with E-state index in [2.05, 4.69) is 75.8 Å². The molecule has 0 aliphatic rings. The molecule has 0 radical (unpaired) electrons. The summed E-state index contributed by atoms with van der Waals surface area (Å²) in [4.78, 5) is 0.192. The second-order valence-corrected chi connectivity index (χ2v) is 6.43. The Morgan fingerprint density at radius 2 is 1.65 bits per heavy atom. The highest BCUT2D eigenvalue weighted by molar-refractivity contribution is 14.1. The molecule has 0 nitrogen and oxygen atoms in total. The Hall–Kier alpha value is -0.0600. The molecule has 0 heterocycles. The predicted molar refractivity (Wildman–Crippen MR) is 86.1 cm³/mol. The lowest BCUT2D eigenvalue weighted by Gasteiger charge is -2.12. The number of hydrogen-bond acceptors (Lipinski definition) is 0. The van der Waals surface area contributed by atoms with Gasteiger partial charge in [0.25, 0.3) is 0 Å². The van der Waals surface area contributed by atoms with E-state index in [0.29, 0.717) is 0 Å². The van der Waals surface area contributed by atoms with Gasteiger partial charge in [0.05, 0.1) is 9.85 Å². The molecule has 3 heteroatoms. The van der Waals surface area contributed by atoms with Crippen molar-refractivity contribution in [1.82, 2.24) is 0 Å². The zero-order chi connectivity index (χ0) is 12.4. The van der Waals surface area contributed by atoms with Crippen LogP contribution in [0.3, 0.4) is 0 Å². The molecule has 2 aromatic carbocycles. The van der Waals surface area contributed by atoms with Gasteiger partial charge in [0.15, 0.2) is 0 Å². The first-order valence-electron chi connectivity index (χ1n) is 5.23. The van der Waals surface area contributed by atoms with E-state index < -0.39 is 0 Å². The zero-order valence-electron chi connectivity index (χ0n) is 9.25. The number of hydrogen-bond donors (Lipinski definition) is 0. The van der Waals surface area contributed by atoms with Crippen molar-refractivity contribution < 1.29 is 0 Å². The highest BCUT2D eigenvalue weighted by atomic mass is 127. The predicted octanol–water partition coefficient (Wildman–Crippen LogP) is 5.74. The van der Waals surface area contributed by atoms with Gasteiger partial charge in [-0.2, -0.15) is 0 Å². The third-order valence-corrected chi connectivity index (χ3v) is 5.24. The Morgan fingerprint density at radius 1 is 1.06 bits per heavy atom. The van der Waals surface area contributed by atoms with E-state index in [-0.39, 0.29) is 4.83 Å². The van der Waals surface area contributed by atoms with Crippen molar-refractivity contribution in [3.63, 3.8) is 0 Å². The molecule has 0 saturated carbocycles. The van der Waals surface area contributed by atoms with E-state index in [1.165, 1.54) is 16.7 Å². The number of rotatable bonds is 2. The molecule has 0 amide bonds. The van der Waals surface area contributed by atoms with Crippen molar-refractivity contribution in [1.29, 1.82) is 0 Å². The minimum Gasteiger partial charge on any atom is -0.0832 e. The standard InChI is InChI=1S/C14H11BrClI/c1-9-2-4-10(5-3-9)14(15)11-6-7-13(17)12(16)8-11/h2-8,14H,1H3. The molecule has 88 valence electrons. The number of benzene rings is 2. The van der Waals surface area contributed by atoms with Gasteiger partial charge in [-0.25, -0.2) is 0 Å². The normalized spacial score (nSPS) is 12.5. The molecule has 0 saturated heterocycles. The fraction of sp³-hybridized carbons (Fsp3) is 0.143. The van der Waals surface area contributed by atoms with E-state index in [4.69, 9.17) is 11.6 Å². The maximum Gasteiger partial charge on any atom is 0.0645 e. The first-order valence-corrected chi connectivity index (χ1v) is 7.61. The van der Waals surface area contributed by atoms with Gasteiger partial charge in [0.2, 0.25) is 0 Å². The second-order valence-electron chi connectivity index (χ2n) is 3.95. The topological polar surface area (TPSA) is 0 Å². The average molecular weight is 422 g/mol. The lowest BCUT2D eigenvalue weighted by atomic mass is 10.0. The summed E-state index contributed by atoms with van der Waals surface area (Å²) in [7, 11) is 0. The first-order chi connectivity index (χ1) is 8.08. The van der Waals surface area contributed by atoms with E-state index in [1.54, 1.807) is 0 Å². The van der Waals surface area contributed by atoms with Crippen LogP contribution in [-0.4, -0.2) is 0 Å². The van der Waals surface area contributed by atoms with E-state index in [1.807, 2.05) is 12.1 Å². The molecule has 0 bridgehead atoms. The molecule has 17 heavy (non-hydrogen) atoms. The molecule has 0 aliphatic carbocycles. The average Bonchev–Trinajstić information content (AvgIpc) is 2.33. The Kier molecular flexibility index (Phi) is 4.50. The van der Waals surface area contributed by atoms with Crippen LogP contribution in [0.2, 0.25) is 5.02 Å². The summed E-state index contributed by atoms with van der Waals surface area (Å²) >= 11 is 12.1. The molecular weight excluding hydrogens is 410 g/mol. The van der Waals surface area contributed by atoms with Crippen LogP contribution >= 0.6 is 50.1 Å². The fourth-order valence-electron chi connectivity index (χ4n) is 1.60. The quantitative estimate of drug-likeness (QED) is 0.429. The minimum absolute atomic E-state index is 0.192. The van der Waals surface area contributed by atoms with Crippen LogP contribution in [0.15, 0.2) is 42.5 Å². The summed E-state index contributed by atoms with van der Waals surface area (Å²) in [5.41, 5.74) is 3.70. The molecule has 1 atom stereocenters. The van der Waals surface area contributed by atoms with Gasteiger partial charge in [-0.15, -0.1) is 0 Å². The summed E-state index contributed by atoms with van der Waals surface area (Å²) in [5, 5.41) is 0.805. The maximum atomic E-state index is 6.14. The highest BCUT2D eigenvalue weighted by Crippen LogP contribution is 2.33. The van der Waals surface area contributed by atoms with Crippen LogP contribution in [0.5, 0.6) is 0 Å². The van der Waals surface area contributed by atoms with Crippen LogP contribution in [-0.2, 0) is 0 Å². The lowest BCUT2D eigenvalue weighted by molar-refractivity contribution is 1.17. The van der Waals surface area contributed by atoms with Gasteiger partial charge < -0.3 is 0 Å². The van der Waals surface area contributed by atoms with Crippen LogP contribution in [0.4, 0.5) is 0 Å². The third kappa shape index (κ3) is 3.24. The largest absolute Gasteiger partial charge is 0.0832 e. The number of aryl methyl sites for hydroxylation is 1. The molecular formula is C14H11BrClI. The lowest BCUT2D eigenvalue weighted by Crippen LogP contribution is -1.93. The second kappa shape index (κ2) is 5.72. The Bertz CT molecular complexity index is 522. The van der Waals surface area contributed by atoms with E-state index in [9.17, 15) is 0 Å². The first kappa shape index (κ1) is 13.4. The van der Waals surface area contributed by atoms with Crippen LogP contribution in [0.25, 0.3) is 0 Å². The molecule has 2 aromatic rings. The molecule has 0 spiro atoms. The van der Waals surface area contributed by atoms with Crippen molar-refractivity contribution >= 4 is 50.1 Å². The number of alkyl halides is 1. The van der Waals surface area contributed by atoms with Crippen molar-refractivity contribution in [3.8, 4) is 0 Å². The molecule has 0 N–H and O–H groups in total. The van der Waals surface area contributed by atoms with Crippen LogP contribution < -0.4 is 0 Å². The molecule has 0 fully saturated rings. The van der Waals surface area contributed by atoms with Crippen LogP contribution in [0.1, 0.15) is 21.5 Å². The summed E-state index contributed by atoms with van der Waals surface area (Å²) < 4.78 is 1.08. The van der Waals surface area contributed by atoms with Gasteiger partial charge in [0.1, 0.15) is 0 Å². The summed E-state index contributed by atoms with van der Waals surface area (Å²) in [6.07, 6.45) is 0.